The highest BCUT2D eigenvalue weighted by molar-refractivity contribution is 8.26. The Hall–Kier alpha value is -3.44. The van der Waals surface area contributed by atoms with Crippen LogP contribution in [0.1, 0.15) is 18.4 Å². The predicted octanol–water partition coefficient (Wildman–Crippen LogP) is 3.73. The number of rotatable bonds is 9. The van der Waals surface area contributed by atoms with Crippen LogP contribution in [-0.2, 0) is 9.59 Å². The first kappa shape index (κ1) is 23.2. The minimum atomic E-state index is -0.498. The average molecular weight is 473 g/mol. The number of hydrogen-bond acceptors (Lipinski definition) is 8. The average Bonchev–Trinajstić information content (AvgIpc) is 3.05. The van der Waals surface area contributed by atoms with E-state index in [1.807, 2.05) is 24.3 Å². The van der Waals surface area contributed by atoms with Crippen molar-refractivity contribution in [3.8, 4) is 5.75 Å². The number of benzene rings is 2. The first-order valence-electron chi connectivity index (χ1n) is 9.56. The second-order valence-corrected chi connectivity index (χ2v) is 8.37. The molecule has 2 amide bonds. The summed E-state index contributed by atoms with van der Waals surface area (Å²) < 4.78 is 5.65. The number of nitrogens with one attached hydrogen (secondary N) is 2. The van der Waals surface area contributed by atoms with Gasteiger partial charge in [-0.2, -0.15) is 0 Å². The fourth-order valence-electron chi connectivity index (χ4n) is 2.84. The zero-order valence-electron chi connectivity index (χ0n) is 17.1. The Morgan fingerprint density at radius 3 is 2.72 bits per heavy atom. The minimum Gasteiger partial charge on any atom is -0.497 e. The third kappa shape index (κ3) is 6.05. The number of nitro groups is 1. The van der Waals surface area contributed by atoms with Crippen molar-refractivity contribution in [2.75, 3.05) is 19.1 Å². The van der Waals surface area contributed by atoms with Crippen LogP contribution in [0.2, 0.25) is 0 Å². The summed E-state index contributed by atoms with van der Waals surface area (Å²) in [4.78, 5) is 36.9. The quantitative estimate of drug-likeness (QED) is 0.246. The van der Waals surface area contributed by atoms with E-state index in [0.717, 1.165) is 5.56 Å². The van der Waals surface area contributed by atoms with Crippen molar-refractivity contribution in [3.63, 3.8) is 0 Å². The maximum atomic E-state index is 12.7. The molecule has 0 atom stereocenters. The van der Waals surface area contributed by atoms with Gasteiger partial charge in [-0.05, 0) is 42.3 Å². The summed E-state index contributed by atoms with van der Waals surface area (Å²) in [6, 6.07) is 13.0. The third-order valence-electron chi connectivity index (χ3n) is 4.48. The SMILES string of the molecule is COc1cccc(/C=C2\SC(=S)N(CCCC(=O)NNc3ccc([N+](=O)[O-])cc3)C2=O)c1. The first-order valence-corrected chi connectivity index (χ1v) is 10.8. The summed E-state index contributed by atoms with van der Waals surface area (Å²) in [6.07, 6.45) is 2.36. The van der Waals surface area contributed by atoms with Crippen molar-refractivity contribution in [1.82, 2.24) is 10.3 Å². The van der Waals surface area contributed by atoms with Crippen LogP contribution in [0.3, 0.4) is 0 Å². The van der Waals surface area contributed by atoms with Gasteiger partial charge in [-0.1, -0.05) is 36.1 Å². The van der Waals surface area contributed by atoms with Crippen LogP contribution in [0, 0.1) is 10.1 Å². The van der Waals surface area contributed by atoms with Crippen LogP contribution < -0.4 is 15.6 Å². The smallest absolute Gasteiger partial charge is 0.269 e. The monoisotopic (exact) mass is 472 g/mol. The number of carbonyl (C=O) groups excluding carboxylic acids is 2. The number of amides is 2. The van der Waals surface area contributed by atoms with Crippen LogP contribution in [0.5, 0.6) is 5.75 Å². The van der Waals surface area contributed by atoms with Gasteiger partial charge < -0.3 is 4.74 Å². The summed E-state index contributed by atoms with van der Waals surface area (Å²) in [5.74, 6) is 0.232. The lowest BCUT2D eigenvalue weighted by Crippen LogP contribution is -2.32. The van der Waals surface area contributed by atoms with Crippen LogP contribution in [0.15, 0.2) is 53.4 Å². The molecule has 9 nitrogen and oxygen atoms in total. The number of hydrogen-bond donors (Lipinski definition) is 2. The highest BCUT2D eigenvalue weighted by Crippen LogP contribution is 2.33. The molecular formula is C21H20N4O5S2. The Balaban J connectivity index is 1.47. The van der Waals surface area contributed by atoms with Gasteiger partial charge in [0.1, 0.15) is 10.1 Å². The summed E-state index contributed by atoms with van der Waals surface area (Å²) >= 11 is 6.55. The Labute approximate surface area is 193 Å². The second-order valence-electron chi connectivity index (χ2n) is 6.69. The van der Waals surface area contributed by atoms with Gasteiger partial charge in [-0.15, -0.1) is 0 Å². The Bertz CT molecular complexity index is 1070. The lowest BCUT2D eigenvalue weighted by Gasteiger charge is -2.14. The maximum absolute atomic E-state index is 12.7. The maximum Gasteiger partial charge on any atom is 0.269 e. The molecule has 0 radical (unpaired) electrons. The number of non-ortho nitro benzene ring substituents is 1. The lowest BCUT2D eigenvalue weighted by molar-refractivity contribution is -0.384. The molecule has 2 aromatic rings. The van der Waals surface area contributed by atoms with E-state index in [1.54, 1.807) is 13.2 Å². The molecule has 3 rings (SSSR count). The van der Waals surface area contributed by atoms with Crippen LogP contribution in [0.25, 0.3) is 6.08 Å². The molecule has 1 saturated heterocycles. The predicted molar refractivity (Wildman–Crippen MR) is 127 cm³/mol. The van der Waals surface area contributed by atoms with Gasteiger partial charge in [-0.3, -0.25) is 35.5 Å². The highest BCUT2D eigenvalue weighted by atomic mass is 32.2. The Kier molecular flexibility index (Phi) is 7.79. The lowest BCUT2D eigenvalue weighted by atomic mass is 10.2. The van der Waals surface area contributed by atoms with Gasteiger partial charge >= 0.3 is 0 Å². The molecule has 0 aromatic heterocycles. The van der Waals surface area contributed by atoms with E-state index in [-0.39, 0.29) is 23.9 Å². The molecule has 1 heterocycles. The third-order valence-corrected chi connectivity index (χ3v) is 5.85. The Morgan fingerprint density at radius 2 is 2.03 bits per heavy atom. The molecule has 0 spiro atoms. The number of nitrogens with zero attached hydrogens (tertiary/aromatic N) is 2. The van der Waals surface area contributed by atoms with Crippen LogP contribution >= 0.6 is 24.0 Å². The van der Waals surface area contributed by atoms with E-state index in [4.69, 9.17) is 17.0 Å². The molecule has 0 aliphatic carbocycles. The van der Waals surface area contributed by atoms with E-state index >= 15 is 0 Å². The van der Waals surface area contributed by atoms with Gasteiger partial charge in [0.25, 0.3) is 11.6 Å². The van der Waals surface area contributed by atoms with Crippen molar-refractivity contribution in [2.45, 2.75) is 12.8 Å². The van der Waals surface area contributed by atoms with E-state index in [0.29, 0.717) is 33.6 Å². The summed E-state index contributed by atoms with van der Waals surface area (Å²) in [5.41, 5.74) is 6.54. The van der Waals surface area contributed by atoms with Gasteiger partial charge in [0.05, 0.1) is 22.6 Å². The second kappa shape index (κ2) is 10.7. The molecular weight excluding hydrogens is 452 g/mol. The largest absolute Gasteiger partial charge is 0.497 e. The van der Waals surface area contributed by atoms with Gasteiger partial charge in [0, 0.05) is 25.1 Å². The van der Waals surface area contributed by atoms with Gasteiger partial charge in [-0.25, -0.2) is 0 Å². The fraction of sp³-hybridized carbons (Fsp3) is 0.190. The topological polar surface area (TPSA) is 114 Å². The number of nitro benzene ring substituents is 1. The first-order chi connectivity index (χ1) is 15.4. The number of thioether (sulfide) groups is 1. The van der Waals surface area contributed by atoms with Crippen molar-refractivity contribution >= 4 is 57.6 Å². The van der Waals surface area contributed by atoms with Gasteiger partial charge in [0.2, 0.25) is 5.91 Å². The summed E-state index contributed by atoms with van der Waals surface area (Å²) in [6.45, 7) is 0.324. The molecule has 0 unspecified atom stereocenters. The van der Waals surface area contributed by atoms with E-state index < -0.39 is 4.92 Å². The molecule has 0 saturated carbocycles. The molecule has 166 valence electrons. The Morgan fingerprint density at radius 1 is 1.28 bits per heavy atom. The molecule has 2 N–H and O–H groups in total. The highest BCUT2D eigenvalue weighted by Gasteiger charge is 2.31. The zero-order valence-corrected chi connectivity index (χ0v) is 18.7. The minimum absolute atomic E-state index is 0.0363. The number of ether oxygens (including phenoxy) is 1. The van der Waals surface area contributed by atoms with Crippen LogP contribution in [0.4, 0.5) is 11.4 Å². The molecule has 32 heavy (non-hydrogen) atoms. The molecule has 0 bridgehead atoms. The van der Waals surface area contributed by atoms with E-state index in [1.165, 1.54) is 40.9 Å². The van der Waals surface area contributed by atoms with Crippen molar-refractivity contribution in [2.24, 2.45) is 0 Å². The molecule has 1 aliphatic heterocycles. The normalized spacial score (nSPS) is 14.5. The van der Waals surface area contributed by atoms with Crippen LogP contribution in [-0.4, -0.2) is 39.6 Å². The number of methoxy groups -OCH3 is 1. The van der Waals surface area contributed by atoms with E-state index in [2.05, 4.69) is 10.9 Å². The summed E-state index contributed by atoms with van der Waals surface area (Å²) in [7, 11) is 1.58. The fourth-order valence-corrected chi connectivity index (χ4v) is 4.15. The van der Waals surface area contributed by atoms with E-state index in [9.17, 15) is 19.7 Å². The molecule has 1 aliphatic rings. The van der Waals surface area contributed by atoms with Crippen molar-refractivity contribution in [3.05, 3.63) is 69.1 Å². The number of carbonyl (C=O) groups is 2. The van der Waals surface area contributed by atoms with Crippen molar-refractivity contribution < 1.29 is 19.2 Å². The number of thiocarbonyl (C=S) groups is 1. The standard InChI is InChI=1S/C21H20N4O5S2/c1-30-17-5-2-4-14(12-17)13-18-20(27)24(21(31)32-18)11-3-6-19(26)23-22-15-7-9-16(10-8-15)25(28)29/h2,4-5,7-10,12-13,22H,3,6,11H2,1H3,(H,23,26)/b18-13-. The summed E-state index contributed by atoms with van der Waals surface area (Å²) in [5, 5.41) is 10.7. The number of anilines is 1. The molecule has 1 fully saturated rings. The van der Waals surface area contributed by atoms with Gasteiger partial charge in [0.15, 0.2) is 0 Å². The molecule has 11 heteroatoms. The van der Waals surface area contributed by atoms with Crippen molar-refractivity contribution in [1.29, 1.82) is 0 Å². The zero-order chi connectivity index (χ0) is 23.1. The molecule has 2 aromatic carbocycles. The number of hydrazine groups is 1.